The van der Waals surface area contributed by atoms with Gasteiger partial charge in [0.2, 0.25) is 0 Å². The highest BCUT2D eigenvalue weighted by Crippen LogP contribution is 2.31. The van der Waals surface area contributed by atoms with Gasteiger partial charge in [0.05, 0.1) is 18.4 Å². The maximum absolute atomic E-state index is 12.8. The fraction of sp³-hybridized carbons (Fsp3) is 0.261. The first-order valence-electron chi connectivity index (χ1n) is 10.7. The Balaban J connectivity index is 1.20. The second-order valence-electron chi connectivity index (χ2n) is 8.33. The summed E-state index contributed by atoms with van der Waals surface area (Å²) in [4.78, 5) is 14.2. The van der Waals surface area contributed by atoms with Crippen molar-refractivity contribution in [1.29, 1.82) is 0 Å². The van der Waals surface area contributed by atoms with Crippen molar-refractivity contribution in [3.05, 3.63) is 82.3 Å². The summed E-state index contributed by atoms with van der Waals surface area (Å²) in [6.45, 7) is 2.08. The molecule has 180 valence electrons. The maximum Gasteiger partial charge on any atom is 0.415 e. The minimum atomic E-state index is -0.718. The van der Waals surface area contributed by atoms with E-state index in [9.17, 15) is 14.5 Å². The van der Waals surface area contributed by atoms with Crippen LogP contribution in [0.4, 0.5) is 10.2 Å². The van der Waals surface area contributed by atoms with Crippen LogP contribution in [0.15, 0.2) is 60.9 Å². The summed E-state index contributed by atoms with van der Waals surface area (Å²) in [5, 5.41) is 19.2. The fourth-order valence-electron chi connectivity index (χ4n) is 3.67. The van der Waals surface area contributed by atoms with Gasteiger partial charge in [0.25, 0.3) is 0 Å². The monoisotopic (exact) mass is 480 g/mol. The van der Waals surface area contributed by atoms with Gasteiger partial charge in [0.15, 0.2) is 5.60 Å². The highest BCUT2D eigenvalue weighted by molar-refractivity contribution is 5.38. The number of aromatic nitrogens is 5. The molecule has 0 fully saturated rings. The number of rotatable bonds is 9. The molecule has 0 unspecified atom stereocenters. The van der Waals surface area contributed by atoms with Crippen LogP contribution in [0.3, 0.4) is 0 Å². The van der Waals surface area contributed by atoms with Crippen LogP contribution in [0.25, 0.3) is 5.69 Å². The quantitative estimate of drug-likeness (QED) is 0.263. The van der Waals surface area contributed by atoms with Crippen LogP contribution in [-0.4, -0.2) is 41.7 Å². The lowest BCUT2D eigenvalue weighted by molar-refractivity contribution is -0.389. The number of nitrogens with zero attached hydrogens (tertiary/aromatic N) is 6. The Morgan fingerprint density at radius 2 is 1.97 bits per heavy atom. The van der Waals surface area contributed by atoms with Crippen molar-refractivity contribution in [2.45, 2.75) is 32.4 Å². The Bertz CT molecular complexity index is 1350. The third kappa shape index (κ3) is 4.90. The summed E-state index contributed by atoms with van der Waals surface area (Å²) in [6, 6.07) is 14.3. The molecule has 0 N–H and O–H groups in total. The summed E-state index contributed by atoms with van der Waals surface area (Å²) in [6.07, 6.45) is 3.09. The Morgan fingerprint density at radius 1 is 1.17 bits per heavy atom. The first kappa shape index (κ1) is 22.3. The molecular formula is C23H21FN6O5. The van der Waals surface area contributed by atoms with Gasteiger partial charge >= 0.3 is 11.8 Å². The third-order valence-electron chi connectivity index (χ3n) is 5.36. The topological polar surface area (TPSA) is 119 Å². The minimum Gasteiger partial charge on any atom is -0.489 e. The molecule has 1 aliphatic rings. The zero-order chi connectivity index (χ0) is 24.4. The van der Waals surface area contributed by atoms with Gasteiger partial charge in [0, 0.05) is 11.1 Å². The number of ether oxygens (including phenoxy) is 3. The average molecular weight is 480 g/mol. The summed E-state index contributed by atoms with van der Waals surface area (Å²) in [5.74, 6) is 0.907. The molecule has 2 aromatic carbocycles. The van der Waals surface area contributed by atoms with Crippen molar-refractivity contribution >= 4 is 5.82 Å². The molecule has 0 radical (unpaired) electrons. The molecular weight excluding hydrogens is 459 g/mol. The average Bonchev–Trinajstić information content (AvgIpc) is 3.56. The highest BCUT2D eigenvalue weighted by atomic mass is 19.1. The van der Waals surface area contributed by atoms with Crippen LogP contribution < -0.4 is 14.2 Å². The molecule has 0 amide bonds. The number of benzene rings is 2. The lowest BCUT2D eigenvalue weighted by Gasteiger charge is -2.22. The number of alkyl halides is 1. The van der Waals surface area contributed by atoms with Crippen molar-refractivity contribution in [2.75, 3.05) is 6.61 Å². The maximum atomic E-state index is 12.8. The molecule has 3 heterocycles. The van der Waals surface area contributed by atoms with Crippen LogP contribution in [-0.2, 0) is 19.8 Å². The predicted molar refractivity (Wildman–Crippen MR) is 120 cm³/mol. The van der Waals surface area contributed by atoms with E-state index in [1.165, 1.54) is 6.20 Å². The van der Waals surface area contributed by atoms with Crippen molar-refractivity contribution in [3.63, 3.8) is 0 Å². The van der Waals surface area contributed by atoms with Crippen LogP contribution in [0.2, 0.25) is 0 Å². The lowest BCUT2D eigenvalue weighted by atomic mass is 10.1. The van der Waals surface area contributed by atoms with Gasteiger partial charge in [0.1, 0.15) is 43.3 Å². The van der Waals surface area contributed by atoms with Crippen molar-refractivity contribution in [2.24, 2.45) is 0 Å². The van der Waals surface area contributed by atoms with Gasteiger partial charge in [-0.15, -0.1) is 5.10 Å². The number of imidazole rings is 1. The van der Waals surface area contributed by atoms with Crippen LogP contribution in [0.5, 0.6) is 17.5 Å². The number of nitro groups is 1. The molecule has 1 aliphatic heterocycles. The standard InChI is InChI=1S/C23H21FN6O5/c1-23(14-28-12-21(30(31)32)25-22(28)35-23)15-34-20-7-3-5-18(9-20)29-11-17(26-27-29)13-33-19-6-2-4-16(8-19)10-24/h2-9,11-12H,10,13-15H2,1H3/t23-/m1/s1. The molecule has 11 nitrogen and oxygen atoms in total. The summed E-state index contributed by atoms with van der Waals surface area (Å²) in [5.41, 5.74) is 1.18. The third-order valence-corrected chi connectivity index (χ3v) is 5.36. The molecule has 5 rings (SSSR count). The van der Waals surface area contributed by atoms with Gasteiger partial charge in [-0.1, -0.05) is 23.4 Å². The molecule has 0 spiro atoms. The summed E-state index contributed by atoms with van der Waals surface area (Å²) < 4.78 is 33.5. The zero-order valence-electron chi connectivity index (χ0n) is 18.7. The van der Waals surface area contributed by atoms with Gasteiger partial charge in [-0.2, -0.15) is 0 Å². The van der Waals surface area contributed by atoms with E-state index in [1.54, 1.807) is 39.7 Å². The lowest BCUT2D eigenvalue weighted by Crippen LogP contribution is -2.38. The van der Waals surface area contributed by atoms with Gasteiger partial charge in [-0.3, -0.25) is 4.57 Å². The van der Waals surface area contributed by atoms with Crippen molar-refractivity contribution < 1.29 is 23.5 Å². The molecule has 0 saturated carbocycles. The first-order chi connectivity index (χ1) is 16.9. The molecule has 12 heteroatoms. The number of fused-ring (bicyclic) bond motifs is 1. The zero-order valence-corrected chi connectivity index (χ0v) is 18.7. The fourth-order valence-corrected chi connectivity index (χ4v) is 3.67. The second-order valence-corrected chi connectivity index (χ2v) is 8.33. The van der Waals surface area contributed by atoms with E-state index >= 15 is 0 Å². The smallest absolute Gasteiger partial charge is 0.415 e. The molecule has 4 aromatic rings. The molecule has 0 aliphatic carbocycles. The van der Waals surface area contributed by atoms with E-state index in [-0.39, 0.29) is 25.0 Å². The van der Waals surface area contributed by atoms with E-state index in [0.29, 0.717) is 29.3 Å². The Morgan fingerprint density at radius 3 is 2.74 bits per heavy atom. The molecule has 35 heavy (non-hydrogen) atoms. The first-order valence-corrected chi connectivity index (χ1v) is 10.7. The van der Waals surface area contributed by atoms with Crippen molar-refractivity contribution in [3.8, 4) is 23.2 Å². The van der Waals surface area contributed by atoms with E-state index < -0.39 is 17.2 Å². The summed E-state index contributed by atoms with van der Waals surface area (Å²) >= 11 is 0. The summed E-state index contributed by atoms with van der Waals surface area (Å²) in [7, 11) is 0. The highest BCUT2D eigenvalue weighted by Gasteiger charge is 2.41. The molecule has 0 saturated heterocycles. The SMILES string of the molecule is C[C@]1(COc2cccc(-n3cc(COc4cccc(CF)c4)nn3)c2)Cn2cc([N+](=O)[O-])nc2O1. The molecule has 1 atom stereocenters. The van der Waals surface area contributed by atoms with Crippen LogP contribution >= 0.6 is 0 Å². The second kappa shape index (κ2) is 9.05. The Labute approximate surface area is 198 Å². The van der Waals surface area contributed by atoms with Gasteiger partial charge in [-0.05, 0) is 41.7 Å². The van der Waals surface area contributed by atoms with E-state index in [4.69, 9.17) is 14.2 Å². The number of hydrogen-bond donors (Lipinski definition) is 0. The minimum absolute atomic E-state index is 0.189. The Kier molecular flexibility index (Phi) is 5.77. The largest absolute Gasteiger partial charge is 0.489 e. The van der Waals surface area contributed by atoms with Gasteiger partial charge < -0.3 is 24.3 Å². The van der Waals surface area contributed by atoms with Crippen molar-refractivity contribution in [1.82, 2.24) is 24.5 Å². The van der Waals surface area contributed by atoms with E-state index in [1.807, 2.05) is 31.2 Å². The van der Waals surface area contributed by atoms with E-state index in [0.717, 1.165) is 5.69 Å². The van der Waals surface area contributed by atoms with E-state index in [2.05, 4.69) is 15.3 Å². The normalized spacial score (nSPS) is 16.5. The van der Waals surface area contributed by atoms with Crippen LogP contribution in [0.1, 0.15) is 18.2 Å². The Hall–Kier alpha value is -4.48. The molecule has 2 aromatic heterocycles. The number of hydrogen-bond acceptors (Lipinski definition) is 8. The molecule has 0 bridgehead atoms. The van der Waals surface area contributed by atoms with Crippen LogP contribution in [0, 0.1) is 10.1 Å². The van der Waals surface area contributed by atoms with Gasteiger partial charge in [-0.25, -0.2) is 9.07 Å². The predicted octanol–water partition coefficient (Wildman–Crippen LogP) is 3.65. The number of halogens is 1.